The van der Waals surface area contributed by atoms with Crippen molar-refractivity contribution < 1.29 is 14.3 Å². The molecular weight excluding hydrogens is 302 g/mol. The molecule has 1 N–H and O–H groups in total. The minimum atomic E-state index is -0.207. The summed E-state index contributed by atoms with van der Waals surface area (Å²) in [6, 6.07) is 14.7. The normalized spacial score (nSPS) is 10.1. The van der Waals surface area contributed by atoms with Gasteiger partial charge in [-0.3, -0.25) is 4.79 Å². The van der Waals surface area contributed by atoms with E-state index in [0.717, 1.165) is 11.3 Å². The summed E-state index contributed by atoms with van der Waals surface area (Å²) in [7, 11) is 0. The Bertz CT molecular complexity index is 631. The van der Waals surface area contributed by atoms with Crippen LogP contribution in [0.4, 0.5) is 0 Å². The van der Waals surface area contributed by atoms with Gasteiger partial charge in [0.1, 0.15) is 11.5 Å². The Hall–Kier alpha value is -2.20. The number of ether oxygens (including phenoxy) is 2. The van der Waals surface area contributed by atoms with Crippen LogP contribution in [-0.2, 0) is 11.3 Å². The first-order chi connectivity index (χ1) is 10.7. The Morgan fingerprint density at radius 1 is 1.14 bits per heavy atom. The third-order valence-corrected chi connectivity index (χ3v) is 3.21. The predicted molar refractivity (Wildman–Crippen MR) is 86.4 cm³/mol. The van der Waals surface area contributed by atoms with Gasteiger partial charge in [0.25, 0.3) is 5.91 Å². The summed E-state index contributed by atoms with van der Waals surface area (Å²) >= 11 is 5.96. The molecule has 4 nitrogen and oxygen atoms in total. The average Bonchev–Trinajstić information content (AvgIpc) is 2.53. The lowest BCUT2D eigenvalue weighted by Gasteiger charge is -2.09. The van der Waals surface area contributed by atoms with Crippen molar-refractivity contribution in [3.8, 4) is 11.5 Å². The van der Waals surface area contributed by atoms with Gasteiger partial charge in [-0.25, -0.2) is 0 Å². The summed E-state index contributed by atoms with van der Waals surface area (Å²) in [4.78, 5) is 11.8. The molecule has 0 saturated carbocycles. The maximum atomic E-state index is 11.8. The Balaban J connectivity index is 1.80. The van der Waals surface area contributed by atoms with Gasteiger partial charge in [0.2, 0.25) is 0 Å². The number of carbonyl (C=O) groups excluding carboxylic acids is 1. The van der Waals surface area contributed by atoms with E-state index in [1.807, 2.05) is 31.2 Å². The van der Waals surface area contributed by atoms with Crippen LogP contribution >= 0.6 is 11.6 Å². The monoisotopic (exact) mass is 319 g/mol. The highest BCUT2D eigenvalue weighted by Crippen LogP contribution is 2.22. The molecule has 0 aliphatic carbocycles. The van der Waals surface area contributed by atoms with E-state index in [1.165, 1.54) is 0 Å². The van der Waals surface area contributed by atoms with Gasteiger partial charge in [0.15, 0.2) is 6.61 Å². The predicted octanol–water partition coefficient (Wildman–Crippen LogP) is 3.43. The first-order valence-electron chi connectivity index (χ1n) is 7.05. The summed E-state index contributed by atoms with van der Waals surface area (Å²) in [5.41, 5.74) is 0.969. The summed E-state index contributed by atoms with van der Waals surface area (Å²) in [5.74, 6) is 1.08. The van der Waals surface area contributed by atoms with Crippen molar-refractivity contribution in [2.24, 2.45) is 0 Å². The Morgan fingerprint density at radius 3 is 2.73 bits per heavy atom. The van der Waals surface area contributed by atoms with Crippen molar-refractivity contribution in [3.63, 3.8) is 0 Å². The zero-order valence-electron chi connectivity index (χ0n) is 12.3. The van der Waals surface area contributed by atoms with Gasteiger partial charge in [-0.2, -0.15) is 0 Å². The molecule has 0 aliphatic heterocycles. The van der Waals surface area contributed by atoms with Gasteiger partial charge in [-0.15, -0.1) is 0 Å². The fourth-order valence-corrected chi connectivity index (χ4v) is 2.06. The number of hydrogen-bond acceptors (Lipinski definition) is 3. The lowest BCUT2D eigenvalue weighted by molar-refractivity contribution is -0.123. The number of carbonyl (C=O) groups is 1. The highest BCUT2D eigenvalue weighted by Gasteiger charge is 2.05. The van der Waals surface area contributed by atoms with Crippen molar-refractivity contribution in [2.75, 3.05) is 13.2 Å². The molecule has 0 aliphatic rings. The molecule has 0 saturated heterocycles. The van der Waals surface area contributed by atoms with Crippen LogP contribution in [0.5, 0.6) is 11.5 Å². The Morgan fingerprint density at radius 2 is 1.95 bits per heavy atom. The topological polar surface area (TPSA) is 47.6 Å². The molecule has 1 amide bonds. The fraction of sp³-hybridized carbons (Fsp3) is 0.235. The molecule has 0 spiro atoms. The summed E-state index contributed by atoms with van der Waals surface area (Å²) in [6.45, 7) is 2.89. The molecule has 0 bridgehead atoms. The van der Waals surface area contributed by atoms with Crippen molar-refractivity contribution in [3.05, 3.63) is 59.1 Å². The molecule has 0 radical (unpaired) electrons. The van der Waals surface area contributed by atoms with Gasteiger partial charge in [-0.05, 0) is 36.8 Å². The number of amides is 1. The van der Waals surface area contributed by atoms with E-state index in [9.17, 15) is 4.79 Å². The van der Waals surface area contributed by atoms with Crippen molar-refractivity contribution in [1.29, 1.82) is 0 Å². The van der Waals surface area contributed by atoms with Crippen molar-refractivity contribution in [2.45, 2.75) is 13.5 Å². The molecule has 2 rings (SSSR count). The minimum Gasteiger partial charge on any atom is -0.494 e. The molecule has 5 heteroatoms. The third kappa shape index (κ3) is 4.97. The molecule has 22 heavy (non-hydrogen) atoms. The molecule has 0 fully saturated rings. The average molecular weight is 320 g/mol. The maximum absolute atomic E-state index is 11.8. The largest absolute Gasteiger partial charge is 0.494 e. The molecule has 2 aromatic carbocycles. The van der Waals surface area contributed by atoms with E-state index in [-0.39, 0.29) is 12.5 Å². The lowest BCUT2D eigenvalue weighted by atomic mass is 10.2. The number of rotatable bonds is 7. The lowest BCUT2D eigenvalue weighted by Crippen LogP contribution is -2.28. The number of hydrogen-bond donors (Lipinski definition) is 1. The van der Waals surface area contributed by atoms with E-state index >= 15 is 0 Å². The third-order valence-electron chi connectivity index (χ3n) is 2.89. The molecule has 0 unspecified atom stereocenters. The highest BCUT2D eigenvalue weighted by atomic mass is 35.5. The van der Waals surface area contributed by atoms with E-state index < -0.39 is 0 Å². The van der Waals surface area contributed by atoms with Crippen LogP contribution < -0.4 is 14.8 Å². The van der Waals surface area contributed by atoms with Crippen LogP contribution in [0.3, 0.4) is 0 Å². The number of benzene rings is 2. The fourth-order valence-electron chi connectivity index (χ4n) is 1.87. The maximum Gasteiger partial charge on any atom is 0.258 e. The Kier molecular flexibility index (Phi) is 6.10. The molecule has 0 heterocycles. The van der Waals surface area contributed by atoms with Gasteiger partial charge in [-0.1, -0.05) is 35.9 Å². The first kappa shape index (κ1) is 16.2. The quantitative estimate of drug-likeness (QED) is 0.850. The van der Waals surface area contributed by atoms with Crippen LogP contribution in [0.2, 0.25) is 5.02 Å². The summed E-state index contributed by atoms with van der Waals surface area (Å²) < 4.78 is 10.8. The van der Waals surface area contributed by atoms with Crippen LogP contribution in [0.15, 0.2) is 48.5 Å². The Labute approximate surface area is 135 Å². The van der Waals surface area contributed by atoms with Crippen LogP contribution in [0, 0.1) is 0 Å². The van der Waals surface area contributed by atoms with E-state index in [2.05, 4.69) is 5.32 Å². The standard InChI is InChI=1S/C17H18ClNO3/c1-2-21-14-7-5-6-13(10-14)11-19-17(20)12-22-16-9-4-3-8-15(16)18/h3-10H,2,11-12H2,1H3,(H,19,20). The number of nitrogens with one attached hydrogen (secondary N) is 1. The second-order valence-electron chi connectivity index (χ2n) is 4.58. The van der Waals surface area contributed by atoms with Crippen LogP contribution in [0.1, 0.15) is 12.5 Å². The van der Waals surface area contributed by atoms with Gasteiger partial charge in [0.05, 0.1) is 11.6 Å². The molecule has 0 aromatic heterocycles. The molecular formula is C17H18ClNO3. The number of halogens is 1. The molecule has 2 aromatic rings. The zero-order chi connectivity index (χ0) is 15.8. The van der Waals surface area contributed by atoms with Gasteiger partial charge >= 0.3 is 0 Å². The van der Waals surface area contributed by atoms with E-state index in [0.29, 0.717) is 23.9 Å². The van der Waals surface area contributed by atoms with E-state index in [4.69, 9.17) is 21.1 Å². The molecule has 116 valence electrons. The van der Waals surface area contributed by atoms with Gasteiger partial charge in [0, 0.05) is 6.54 Å². The minimum absolute atomic E-state index is 0.0745. The summed E-state index contributed by atoms with van der Waals surface area (Å²) in [6.07, 6.45) is 0. The first-order valence-corrected chi connectivity index (χ1v) is 7.42. The SMILES string of the molecule is CCOc1cccc(CNC(=O)COc2ccccc2Cl)c1. The highest BCUT2D eigenvalue weighted by molar-refractivity contribution is 6.32. The van der Waals surface area contributed by atoms with Crippen molar-refractivity contribution >= 4 is 17.5 Å². The van der Waals surface area contributed by atoms with E-state index in [1.54, 1.807) is 24.3 Å². The second kappa shape index (κ2) is 8.29. The number of para-hydroxylation sites is 1. The zero-order valence-corrected chi connectivity index (χ0v) is 13.1. The van der Waals surface area contributed by atoms with Gasteiger partial charge < -0.3 is 14.8 Å². The smallest absolute Gasteiger partial charge is 0.258 e. The molecule has 0 atom stereocenters. The van der Waals surface area contributed by atoms with Crippen LogP contribution in [0.25, 0.3) is 0 Å². The van der Waals surface area contributed by atoms with Crippen LogP contribution in [-0.4, -0.2) is 19.1 Å². The second-order valence-corrected chi connectivity index (χ2v) is 4.98. The van der Waals surface area contributed by atoms with Crippen molar-refractivity contribution in [1.82, 2.24) is 5.32 Å². The summed E-state index contributed by atoms with van der Waals surface area (Å²) in [5, 5.41) is 3.28.